The Morgan fingerprint density at radius 1 is 1.20 bits per heavy atom. The molecule has 2 atom stereocenters. The van der Waals surface area contributed by atoms with Crippen LogP contribution in [0, 0.1) is 5.82 Å². The molecule has 0 spiro atoms. The van der Waals surface area contributed by atoms with Crippen molar-refractivity contribution in [3.05, 3.63) is 35.6 Å². The van der Waals surface area contributed by atoms with Crippen LogP contribution in [0.4, 0.5) is 4.39 Å². The van der Waals surface area contributed by atoms with Crippen LogP contribution in [0.1, 0.15) is 19.4 Å². The second-order valence-electron chi connectivity index (χ2n) is 5.90. The van der Waals surface area contributed by atoms with Crippen LogP contribution < -0.4 is 0 Å². The van der Waals surface area contributed by atoms with Gasteiger partial charge in [0.1, 0.15) is 5.82 Å². The molecule has 3 nitrogen and oxygen atoms in total. The summed E-state index contributed by atoms with van der Waals surface area (Å²) in [7, 11) is 2.13. The number of benzene rings is 1. The Labute approximate surface area is 120 Å². The van der Waals surface area contributed by atoms with Gasteiger partial charge in [0.25, 0.3) is 0 Å². The topological polar surface area (TPSA) is 23.6 Å². The molecule has 1 aromatic carbocycles. The van der Waals surface area contributed by atoms with Gasteiger partial charge in [-0.3, -0.25) is 14.6 Å². The Bertz CT molecular complexity index is 448. The molecule has 4 heteroatoms. The summed E-state index contributed by atoms with van der Waals surface area (Å²) in [6.07, 6.45) is 0.384. The van der Waals surface area contributed by atoms with E-state index >= 15 is 0 Å². The highest BCUT2D eigenvalue weighted by Gasteiger charge is 2.27. The Kier molecular flexibility index (Phi) is 4.89. The van der Waals surface area contributed by atoms with Crippen molar-refractivity contribution in [1.29, 1.82) is 0 Å². The molecule has 1 fully saturated rings. The van der Waals surface area contributed by atoms with Gasteiger partial charge in [-0.15, -0.1) is 0 Å². The van der Waals surface area contributed by atoms with Crippen LogP contribution in [-0.4, -0.2) is 54.3 Å². The van der Waals surface area contributed by atoms with Gasteiger partial charge in [-0.2, -0.15) is 0 Å². The van der Waals surface area contributed by atoms with E-state index in [1.807, 2.05) is 0 Å². The molecule has 2 rings (SSSR count). The van der Waals surface area contributed by atoms with E-state index < -0.39 is 0 Å². The molecule has 0 radical (unpaired) electrons. The van der Waals surface area contributed by atoms with E-state index in [0.29, 0.717) is 25.0 Å². The number of rotatable bonds is 4. The van der Waals surface area contributed by atoms with Crippen molar-refractivity contribution >= 4 is 5.78 Å². The molecule has 1 aromatic rings. The van der Waals surface area contributed by atoms with E-state index in [9.17, 15) is 9.18 Å². The number of Topliss-reactive ketones (excluding diaryl/α,β-unsaturated/α-hetero) is 1. The minimum absolute atomic E-state index is 0.195. The molecule has 0 N–H and O–H groups in total. The third-order valence-corrected chi connectivity index (χ3v) is 4.15. The van der Waals surface area contributed by atoms with Crippen LogP contribution in [0.25, 0.3) is 0 Å². The number of carbonyl (C=O) groups excluding carboxylic acids is 1. The average molecular weight is 278 g/mol. The first-order valence-electron chi connectivity index (χ1n) is 7.16. The number of hydrogen-bond acceptors (Lipinski definition) is 3. The van der Waals surface area contributed by atoms with E-state index in [1.165, 1.54) is 12.1 Å². The van der Waals surface area contributed by atoms with E-state index in [0.717, 1.165) is 18.7 Å². The molecule has 1 aliphatic rings. The van der Waals surface area contributed by atoms with Crippen LogP contribution >= 0.6 is 0 Å². The van der Waals surface area contributed by atoms with E-state index in [-0.39, 0.29) is 11.6 Å². The third-order valence-electron chi connectivity index (χ3n) is 4.15. The molecule has 20 heavy (non-hydrogen) atoms. The Balaban J connectivity index is 1.87. The summed E-state index contributed by atoms with van der Waals surface area (Å²) in [4.78, 5) is 16.7. The number of ketones is 1. The Morgan fingerprint density at radius 3 is 2.30 bits per heavy atom. The quantitative estimate of drug-likeness (QED) is 0.841. The molecule has 110 valence electrons. The fourth-order valence-electron chi connectivity index (χ4n) is 2.78. The van der Waals surface area contributed by atoms with Crippen LogP contribution in [-0.2, 0) is 11.2 Å². The Hall–Kier alpha value is -1.26. The summed E-state index contributed by atoms with van der Waals surface area (Å²) in [6.45, 7) is 6.71. The van der Waals surface area contributed by atoms with Crippen LogP contribution in [0.15, 0.2) is 24.3 Å². The van der Waals surface area contributed by atoms with Gasteiger partial charge in [0.2, 0.25) is 0 Å². The second-order valence-corrected chi connectivity index (χ2v) is 5.90. The number of piperazine rings is 1. The number of carbonyl (C=O) groups is 1. The van der Waals surface area contributed by atoms with Crippen molar-refractivity contribution in [2.75, 3.05) is 26.7 Å². The monoisotopic (exact) mass is 278 g/mol. The van der Waals surface area contributed by atoms with E-state index in [1.54, 1.807) is 12.1 Å². The SMILES string of the molecule is CC1CN(CC(=O)Cc2ccc(F)cc2)CC(C)N1C. The number of halogens is 1. The maximum absolute atomic E-state index is 12.8. The van der Waals surface area contributed by atoms with Gasteiger partial charge in [-0.05, 0) is 38.6 Å². The minimum Gasteiger partial charge on any atom is -0.298 e. The second kappa shape index (κ2) is 6.46. The lowest BCUT2D eigenvalue weighted by atomic mass is 10.1. The summed E-state index contributed by atoms with van der Waals surface area (Å²) < 4.78 is 12.8. The summed E-state index contributed by atoms with van der Waals surface area (Å²) >= 11 is 0. The first kappa shape index (κ1) is 15.1. The average Bonchev–Trinajstić information content (AvgIpc) is 2.38. The largest absolute Gasteiger partial charge is 0.298 e. The van der Waals surface area contributed by atoms with Crippen molar-refractivity contribution in [3.63, 3.8) is 0 Å². The molecular weight excluding hydrogens is 255 g/mol. The van der Waals surface area contributed by atoms with Crippen LogP contribution in [0.2, 0.25) is 0 Å². The molecule has 0 amide bonds. The fraction of sp³-hybridized carbons (Fsp3) is 0.562. The first-order valence-corrected chi connectivity index (χ1v) is 7.16. The first-order chi connectivity index (χ1) is 9.45. The van der Waals surface area contributed by atoms with E-state index in [2.05, 4.69) is 30.7 Å². The van der Waals surface area contributed by atoms with Crippen molar-refractivity contribution < 1.29 is 9.18 Å². The van der Waals surface area contributed by atoms with Crippen molar-refractivity contribution in [1.82, 2.24) is 9.80 Å². The smallest absolute Gasteiger partial charge is 0.151 e. The lowest BCUT2D eigenvalue weighted by Crippen LogP contribution is -2.55. The molecule has 0 aromatic heterocycles. The van der Waals surface area contributed by atoms with Gasteiger partial charge < -0.3 is 0 Å². The molecule has 1 saturated heterocycles. The summed E-state index contributed by atoms with van der Waals surface area (Å²) in [5, 5.41) is 0. The zero-order chi connectivity index (χ0) is 14.7. The molecule has 2 unspecified atom stereocenters. The third kappa shape index (κ3) is 3.87. The van der Waals surface area contributed by atoms with Crippen molar-refractivity contribution in [3.8, 4) is 0 Å². The van der Waals surface area contributed by atoms with Gasteiger partial charge in [0.05, 0.1) is 6.54 Å². The molecule has 0 bridgehead atoms. The van der Waals surface area contributed by atoms with Gasteiger partial charge >= 0.3 is 0 Å². The summed E-state index contributed by atoms with van der Waals surface area (Å²) in [6, 6.07) is 7.12. The molecular formula is C16H23FN2O. The predicted molar refractivity (Wildman–Crippen MR) is 78.2 cm³/mol. The number of nitrogens with zero attached hydrogens (tertiary/aromatic N) is 2. The minimum atomic E-state index is -0.261. The highest BCUT2D eigenvalue weighted by Crippen LogP contribution is 2.13. The molecule has 1 aliphatic heterocycles. The van der Waals surface area contributed by atoms with Gasteiger partial charge in [0, 0.05) is 31.6 Å². The van der Waals surface area contributed by atoms with Crippen LogP contribution in [0.3, 0.4) is 0 Å². The van der Waals surface area contributed by atoms with Gasteiger partial charge in [-0.1, -0.05) is 12.1 Å². The number of likely N-dealkylation sites (N-methyl/N-ethyl adjacent to an activating group) is 1. The lowest BCUT2D eigenvalue weighted by Gasteiger charge is -2.42. The highest BCUT2D eigenvalue weighted by molar-refractivity contribution is 5.82. The summed E-state index contributed by atoms with van der Waals surface area (Å²) in [5.74, 6) is -0.0662. The predicted octanol–water partition coefficient (Wildman–Crippen LogP) is 1.96. The zero-order valence-corrected chi connectivity index (χ0v) is 12.5. The molecule has 1 heterocycles. The van der Waals surface area contributed by atoms with Crippen molar-refractivity contribution in [2.45, 2.75) is 32.4 Å². The van der Waals surface area contributed by atoms with E-state index in [4.69, 9.17) is 0 Å². The maximum atomic E-state index is 12.8. The molecule has 0 saturated carbocycles. The van der Waals surface area contributed by atoms with Crippen LogP contribution in [0.5, 0.6) is 0 Å². The lowest BCUT2D eigenvalue weighted by molar-refractivity contribution is -0.120. The standard InChI is InChI=1S/C16H23FN2O/c1-12-9-19(10-13(2)18(12)3)11-16(20)8-14-4-6-15(17)7-5-14/h4-7,12-13H,8-11H2,1-3H3. The number of hydrogen-bond donors (Lipinski definition) is 0. The van der Waals surface area contributed by atoms with Gasteiger partial charge in [0.15, 0.2) is 5.78 Å². The summed E-state index contributed by atoms with van der Waals surface area (Å²) in [5.41, 5.74) is 0.881. The van der Waals surface area contributed by atoms with Gasteiger partial charge in [-0.25, -0.2) is 4.39 Å². The normalized spacial score (nSPS) is 24.8. The fourth-order valence-corrected chi connectivity index (χ4v) is 2.78. The Morgan fingerprint density at radius 2 is 1.75 bits per heavy atom. The highest BCUT2D eigenvalue weighted by atomic mass is 19.1. The molecule has 0 aliphatic carbocycles. The zero-order valence-electron chi connectivity index (χ0n) is 12.5. The maximum Gasteiger partial charge on any atom is 0.151 e. The van der Waals surface area contributed by atoms with Crippen molar-refractivity contribution in [2.24, 2.45) is 0 Å².